The topological polar surface area (TPSA) is 39.2 Å². The van der Waals surface area contributed by atoms with Crippen LogP contribution in [0.15, 0.2) is 48.5 Å². The largest absolute Gasteiger partial charge is 0.462 e. The van der Waals surface area contributed by atoms with E-state index in [-0.39, 0.29) is 5.97 Å². The maximum absolute atomic E-state index is 12.8. The number of esters is 1. The maximum atomic E-state index is 12.8. The SMILES string of the molecule is CCCCCCCOC(=O)c1cc(-c2ccc(Cl)cc2)nc2c(Cl)cccc12. The van der Waals surface area contributed by atoms with Crippen LogP contribution in [0.25, 0.3) is 22.2 Å². The van der Waals surface area contributed by atoms with E-state index in [0.29, 0.717) is 38.8 Å². The Morgan fingerprint density at radius 3 is 2.50 bits per heavy atom. The maximum Gasteiger partial charge on any atom is 0.338 e. The van der Waals surface area contributed by atoms with Gasteiger partial charge in [-0.25, -0.2) is 9.78 Å². The molecule has 0 radical (unpaired) electrons. The van der Waals surface area contributed by atoms with Crippen molar-refractivity contribution in [2.45, 2.75) is 39.0 Å². The summed E-state index contributed by atoms with van der Waals surface area (Å²) >= 11 is 12.3. The highest BCUT2D eigenvalue weighted by Gasteiger charge is 2.16. The second-order valence-electron chi connectivity index (χ2n) is 6.75. The van der Waals surface area contributed by atoms with E-state index in [2.05, 4.69) is 11.9 Å². The first-order valence-corrected chi connectivity index (χ1v) is 10.4. The number of ether oxygens (including phenoxy) is 1. The number of unbranched alkanes of at least 4 members (excludes halogenated alkanes) is 4. The minimum absolute atomic E-state index is 0.347. The first-order chi connectivity index (χ1) is 13.6. The molecular formula is C23H23Cl2NO2. The fourth-order valence-electron chi connectivity index (χ4n) is 3.10. The first-order valence-electron chi connectivity index (χ1n) is 9.62. The monoisotopic (exact) mass is 415 g/mol. The lowest BCUT2D eigenvalue weighted by Crippen LogP contribution is -2.08. The smallest absolute Gasteiger partial charge is 0.338 e. The van der Waals surface area contributed by atoms with Crippen LogP contribution >= 0.6 is 23.2 Å². The van der Waals surface area contributed by atoms with Gasteiger partial charge in [-0.3, -0.25) is 0 Å². The molecular weight excluding hydrogens is 393 g/mol. The van der Waals surface area contributed by atoms with Crippen molar-refractivity contribution in [2.75, 3.05) is 6.61 Å². The normalized spacial score (nSPS) is 11.0. The molecule has 1 heterocycles. The summed E-state index contributed by atoms with van der Waals surface area (Å²) in [7, 11) is 0. The van der Waals surface area contributed by atoms with Crippen molar-refractivity contribution in [1.29, 1.82) is 0 Å². The molecule has 0 amide bonds. The minimum Gasteiger partial charge on any atom is -0.462 e. The molecule has 146 valence electrons. The van der Waals surface area contributed by atoms with Crippen molar-refractivity contribution in [2.24, 2.45) is 0 Å². The van der Waals surface area contributed by atoms with Crippen LogP contribution in [-0.2, 0) is 4.74 Å². The van der Waals surface area contributed by atoms with Crippen molar-refractivity contribution < 1.29 is 9.53 Å². The molecule has 0 aliphatic carbocycles. The molecule has 3 aromatic rings. The summed E-state index contributed by atoms with van der Waals surface area (Å²) in [6, 6.07) is 14.5. The highest BCUT2D eigenvalue weighted by molar-refractivity contribution is 6.35. The number of carbonyl (C=O) groups is 1. The number of fused-ring (bicyclic) bond motifs is 1. The molecule has 2 aromatic carbocycles. The Labute approximate surface area is 175 Å². The summed E-state index contributed by atoms with van der Waals surface area (Å²) in [5, 5.41) is 1.84. The summed E-state index contributed by atoms with van der Waals surface area (Å²) in [5.41, 5.74) is 2.59. The van der Waals surface area contributed by atoms with Crippen LogP contribution in [0.3, 0.4) is 0 Å². The van der Waals surface area contributed by atoms with Crippen molar-refractivity contribution in [3.05, 3.63) is 64.1 Å². The number of rotatable bonds is 8. The van der Waals surface area contributed by atoms with Gasteiger partial charge in [0.25, 0.3) is 0 Å². The molecule has 0 unspecified atom stereocenters. The van der Waals surface area contributed by atoms with Crippen LogP contribution < -0.4 is 0 Å². The predicted octanol–water partition coefficient (Wildman–Crippen LogP) is 7.34. The van der Waals surface area contributed by atoms with Gasteiger partial charge in [-0.2, -0.15) is 0 Å². The van der Waals surface area contributed by atoms with Gasteiger partial charge in [0.05, 0.1) is 28.4 Å². The second kappa shape index (κ2) is 9.90. The number of halogens is 2. The average molecular weight is 416 g/mol. The van der Waals surface area contributed by atoms with Crippen LogP contribution in [0.1, 0.15) is 49.4 Å². The zero-order valence-electron chi connectivity index (χ0n) is 15.9. The number of carbonyl (C=O) groups excluding carboxylic acids is 1. The molecule has 28 heavy (non-hydrogen) atoms. The number of hydrogen-bond donors (Lipinski definition) is 0. The predicted molar refractivity (Wildman–Crippen MR) is 116 cm³/mol. The fourth-order valence-corrected chi connectivity index (χ4v) is 3.44. The molecule has 0 spiro atoms. The van der Waals surface area contributed by atoms with E-state index in [9.17, 15) is 4.79 Å². The van der Waals surface area contributed by atoms with Gasteiger partial charge in [-0.15, -0.1) is 0 Å². The van der Waals surface area contributed by atoms with Gasteiger partial charge in [0.2, 0.25) is 0 Å². The van der Waals surface area contributed by atoms with E-state index in [1.807, 2.05) is 24.3 Å². The lowest BCUT2D eigenvalue weighted by Gasteiger charge is -2.11. The van der Waals surface area contributed by atoms with Gasteiger partial charge in [-0.1, -0.05) is 80.1 Å². The highest BCUT2D eigenvalue weighted by Crippen LogP contribution is 2.30. The summed E-state index contributed by atoms with van der Waals surface area (Å²) < 4.78 is 5.54. The zero-order valence-corrected chi connectivity index (χ0v) is 17.4. The third-order valence-corrected chi connectivity index (χ3v) is 5.19. The Kier molecular flexibility index (Phi) is 7.30. The van der Waals surface area contributed by atoms with Gasteiger partial charge in [0.1, 0.15) is 0 Å². The molecule has 0 atom stereocenters. The molecule has 0 aliphatic rings. The van der Waals surface area contributed by atoms with Crippen LogP contribution in [0.5, 0.6) is 0 Å². The van der Waals surface area contributed by atoms with Crippen molar-refractivity contribution in [3.8, 4) is 11.3 Å². The summed E-state index contributed by atoms with van der Waals surface area (Å²) in [6.45, 7) is 2.60. The summed E-state index contributed by atoms with van der Waals surface area (Å²) in [6.07, 6.45) is 5.52. The summed E-state index contributed by atoms with van der Waals surface area (Å²) in [4.78, 5) is 17.4. The number of nitrogens with zero attached hydrogens (tertiary/aromatic N) is 1. The third-order valence-electron chi connectivity index (χ3n) is 4.63. The number of pyridine rings is 1. The van der Waals surface area contributed by atoms with E-state index in [1.54, 1.807) is 24.3 Å². The van der Waals surface area contributed by atoms with Crippen LogP contribution in [0.4, 0.5) is 0 Å². The number of benzene rings is 2. The minimum atomic E-state index is -0.347. The lowest BCUT2D eigenvalue weighted by atomic mass is 10.0. The van der Waals surface area contributed by atoms with Crippen LogP contribution in [0.2, 0.25) is 10.0 Å². The number of para-hydroxylation sites is 1. The molecule has 5 heteroatoms. The van der Waals surface area contributed by atoms with Gasteiger partial charge in [0.15, 0.2) is 0 Å². The molecule has 1 aromatic heterocycles. The van der Waals surface area contributed by atoms with Crippen LogP contribution in [-0.4, -0.2) is 17.6 Å². The summed E-state index contributed by atoms with van der Waals surface area (Å²) in [5.74, 6) is -0.347. The van der Waals surface area contributed by atoms with E-state index in [4.69, 9.17) is 27.9 Å². The Hall–Kier alpha value is -2.10. The van der Waals surface area contributed by atoms with E-state index in [1.165, 1.54) is 19.3 Å². The average Bonchev–Trinajstić information content (AvgIpc) is 2.70. The third kappa shape index (κ3) is 5.03. The fraction of sp³-hybridized carbons (Fsp3) is 0.304. The van der Waals surface area contributed by atoms with Gasteiger partial charge in [0, 0.05) is 16.0 Å². The quantitative estimate of drug-likeness (QED) is 0.285. The molecule has 0 aliphatic heterocycles. The zero-order chi connectivity index (χ0) is 19.9. The molecule has 0 fully saturated rings. The van der Waals surface area contributed by atoms with Crippen molar-refractivity contribution in [1.82, 2.24) is 4.98 Å². The first kappa shape index (κ1) is 20.6. The number of aromatic nitrogens is 1. The molecule has 0 N–H and O–H groups in total. The molecule has 3 nitrogen and oxygen atoms in total. The van der Waals surface area contributed by atoms with Crippen molar-refractivity contribution >= 4 is 40.1 Å². The van der Waals surface area contributed by atoms with E-state index >= 15 is 0 Å². The molecule has 0 saturated carbocycles. The Morgan fingerprint density at radius 2 is 1.75 bits per heavy atom. The molecule has 0 saturated heterocycles. The number of hydrogen-bond acceptors (Lipinski definition) is 3. The van der Waals surface area contributed by atoms with Crippen LogP contribution in [0, 0.1) is 0 Å². The van der Waals surface area contributed by atoms with Gasteiger partial charge in [-0.05, 0) is 30.7 Å². The van der Waals surface area contributed by atoms with E-state index in [0.717, 1.165) is 18.4 Å². The molecule has 0 bridgehead atoms. The lowest BCUT2D eigenvalue weighted by molar-refractivity contribution is 0.0500. The Balaban J connectivity index is 1.88. The molecule has 3 rings (SSSR count). The van der Waals surface area contributed by atoms with E-state index < -0.39 is 0 Å². The Morgan fingerprint density at radius 1 is 1.00 bits per heavy atom. The second-order valence-corrected chi connectivity index (χ2v) is 7.59. The standard InChI is InChI=1S/C23H23Cl2NO2/c1-2-3-4-5-6-14-28-23(27)19-15-21(16-10-12-17(24)13-11-16)26-22-18(19)8-7-9-20(22)25/h7-13,15H,2-6,14H2,1H3. The Bertz CT molecular complexity index is 955. The van der Waals surface area contributed by atoms with Crippen molar-refractivity contribution in [3.63, 3.8) is 0 Å². The highest BCUT2D eigenvalue weighted by atomic mass is 35.5. The van der Waals surface area contributed by atoms with Gasteiger partial charge >= 0.3 is 5.97 Å². The van der Waals surface area contributed by atoms with Gasteiger partial charge < -0.3 is 4.74 Å².